The van der Waals surface area contributed by atoms with Gasteiger partial charge in [-0.2, -0.15) is 0 Å². The molecule has 0 aliphatic heterocycles. The minimum absolute atomic E-state index is 0.277. The predicted octanol–water partition coefficient (Wildman–Crippen LogP) is 3.45. The van der Waals surface area contributed by atoms with Crippen LogP contribution in [0.15, 0.2) is 27.1 Å². The largest absolute Gasteiger partial charge is 0.466 e. The van der Waals surface area contributed by atoms with Crippen molar-refractivity contribution in [3.05, 3.63) is 34.2 Å². The molecule has 0 N–H and O–H groups in total. The van der Waals surface area contributed by atoms with Crippen LogP contribution in [0.3, 0.4) is 0 Å². The first-order valence-electron chi connectivity index (χ1n) is 3.25. The van der Waals surface area contributed by atoms with Crippen LogP contribution >= 0.6 is 23.2 Å². The Balaban J connectivity index is 2.58. The summed E-state index contributed by atoms with van der Waals surface area (Å²) in [6.45, 7) is 1.90. The zero-order valence-corrected chi connectivity index (χ0v) is 7.62. The second-order valence-corrected chi connectivity index (χ2v) is 3.22. The van der Waals surface area contributed by atoms with Gasteiger partial charge >= 0.3 is 0 Å². The maximum atomic E-state index is 5.42. The highest BCUT2D eigenvalue weighted by atomic mass is 35.5. The summed E-state index contributed by atoms with van der Waals surface area (Å²) in [7, 11) is 0. The summed E-state index contributed by atoms with van der Waals surface area (Å²) in [4.78, 5) is 0. The van der Waals surface area contributed by atoms with E-state index in [0.717, 1.165) is 11.5 Å². The molecule has 60 valence electrons. The Labute approximate surface area is 75.6 Å². The van der Waals surface area contributed by atoms with Gasteiger partial charge in [0.2, 0.25) is 0 Å². The summed E-state index contributed by atoms with van der Waals surface area (Å²) in [6, 6.07) is 3.81. The molecular weight excluding hydrogens is 183 g/mol. The molecule has 0 fully saturated rings. The fraction of sp³-hybridized carbons (Fsp3) is 0.250. The van der Waals surface area contributed by atoms with Crippen LogP contribution in [0.25, 0.3) is 0 Å². The van der Waals surface area contributed by atoms with E-state index in [-0.39, 0.29) is 4.49 Å². The highest BCUT2D eigenvalue weighted by Gasteiger charge is 1.95. The van der Waals surface area contributed by atoms with Crippen LogP contribution in [-0.2, 0) is 6.42 Å². The third-order valence-corrected chi connectivity index (χ3v) is 1.56. The molecule has 1 aromatic rings. The van der Waals surface area contributed by atoms with Gasteiger partial charge in [-0.05, 0) is 25.1 Å². The third kappa shape index (κ3) is 3.00. The van der Waals surface area contributed by atoms with E-state index in [0.29, 0.717) is 6.42 Å². The van der Waals surface area contributed by atoms with Crippen LogP contribution in [0.2, 0.25) is 0 Å². The summed E-state index contributed by atoms with van der Waals surface area (Å²) in [5, 5.41) is 0. The summed E-state index contributed by atoms with van der Waals surface area (Å²) < 4.78 is 5.55. The van der Waals surface area contributed by atoms with Crippen molar-refractivity contribution in [3.8, 4) is 0 Å². The molecule has 3 heteroatoms. The lowest BCUT2D eigenvalue weighted by Crippen LogP contribution is -1.73. The van der Waals surface area contributed by atoms with Gasteiger partial charge in [0, 0.05) is 6.42 Å². The first-order valence-corrected chi connectivity index (χ1v) is 4.00. The van der Waals surface area contributed by atoms with E-state index in [1.807, 2.05) is 19.1 Å². The Bertz CT molecular complexity index is 259. The molecule has 0 spiro atoms. The van der Waals surface area contributed by atoms with Crippen LogP contribution in [-0.4, -0.2) is 0 Å². The molecule has 1 heterocycles. The number of hydrogen-bond donors (Lipinski definition) is 0. The molecule has 0 aliphatic carbocycles. The average molecular weight is 191 g/mol. The van der Waals surface area contributed by atoms with Crippen LogP contribution < -0.4 is 0 Å². The number of allylic oxidation sites excluding steroid dienone is 1. The molecule has 0 unspecified atom stereocenters. The average Bonchev–Trinajstić information content (AvgIpc) is 2.31. The molecule has 0 bridgehead atoms. The van der Waals surface area contributed by atoms with E-state index in [9.17, 15) is 0 Å². The maximum Gasteiger partial charge on any atom is 0.108 e. The normalized spacial score (nSPS) is 9.73. The molecule has 0 radical (unpaired) electrons. The van der Waals surface area contributed by atoms with Crippen molar-refractivity contribution in [2.75, 3.05) is 0 Å². The van der Waals surface area contributed by atoms with Crippen molar-refractivity contribution < 1.29 is 4.42 Å². The molecular formula is C8H8Cl2O. The Morgan fingerprint density at radius 2 is 2.27 bits per heavy atom. The van der Waals surface area contributed by atoms with Gasteiger partial charge in [0.05, 0.1) is 0 Å². The number of hydrogen-bond acceptors (Lipinski definition) is 1. The van der Waals surface area contributed by atoms with Crippen molar-refractivity contribution in [1.29, 1.82) is 0 Å². The minimum Gasteiger partial charge on any atom is -0.466 e. The van der Waals surface area contributed by atoms with Gasteiger partial charge in [-0.3, -0.25) is 0 Å². The van der Waals surface area contributed by atoms with E-state index in [4.69, 9.17) is 27.6 Å². The van der Waals surface area contributed by atoms with Gasteiger partial charge in [-0.1, -0.05) is 23.2 Å². The molecule has 0 atom stereocenters. The Morgan fingerprint density at radius 1 is 1.55 bits per heavy atom. The van der Waals surface area contributed by atoms with Gasteiger partial charge in [-0.15, -0.1) is 0 Å². The second-order valence-electron chi connectivity index (χ2n) is 2.21. The molecule has 1 rings (SSSR count). The van der Waals surface area contributed by atoms with Crippen LogP contribution in [0.4, 0.5) is 0 Å². The smallest absolute Gasteiger partial charge is 0.108 e. The van der Waals surface area contributed by atoms with Gasteiger partial charge in [0.15, 0.2) is 0 Å². The summed E-state index contributed by atoms with van der Waals surface area (Å²) in [5.74, 6) is 1.78. The fourth-order valence-corrected chi connectivity index (χ4v) is 0.927. The van der Waals surface area contributed by atoms with E-state index >= 15 is 0 Å². The van der Waals surface area contributed by atoms with Crippen molar-refractivity contribution in [2.45, 2.75) is 13.3 Å². The standard InChI is InChI=1S/C8H8Cl2O/c1-6-2-3-7(11-6)4-5-8(9)10/h2-3,5H,4H2,1H3. The first kappa shape index (κ1) is 8.69. The SMILES string of the molecule is Cc1ccc(CC=C(Cl)Cl)o1. The molecule has 11 heavy (non-hydrogen) atoms. The first-order chi connectivity index (χ1) is 5.18. The highest BCUT2D eigenvalue weighted by molar-refractivity contribution is 6.55. The lowest BCUT2D eigenvalue weighted by molar-refractivity contribution is 0.495. The van der Waals surface area contributed by atoms with Gasteiger partial charge in [0.1, 0.15) is 16.0 Å². The summed E-state index contributed by atoms with van der Waals surface area (Å²) in [6.07, 6.45) is 2.34. The zero-order chi connectivity index (χ0) is 8.27. The summed E-state index contributed by atoms with van der Waals surface area (Å²) in [5.41, 5.74) is 0. The summed E-state index contributed by atoms with van der Waals surface area (Å²) >= 11 is 10.8. The lowest BCUT2D eigenvalue weighted by atomic mass is 10.3. The molecule has 1 aromatic heterocycles. The van der Waals surface area contributed by atoms with Gasteiger partial charge in [0.25, 0.3) is 0 Å². The number of aryl methyl sites for hydroxylation is 1. The van der Waals surface area contributed by atoms with Crippen LogP contribution in [0.5, 0.6) is 0 Å². The lowest BCUT2D eigenvalue weighted by Gasteiger charge is -1.87. The predicted molar refractivity (Wildman–Crippen MR) is 46.9 cm³/mol. The molecule has 0 saturated heterocycles. The van der Waals surface area contributed by atoms with Gasteiger partial charge < -0.3 is 4.42 Å². The van der Waals surface area contributed by atoms with Crippen molar-refractivity contribution in [2.24, 2.45) is 0 Å². The van der Waals surface area contributed by atoms with Crippen molar-refractivity contribution in [1.82, 2.24) is 0 Å². The van der Waals surface area contributed by atoms with Crippen LogP contribution in [0.1, 0.15) is 11.5 Å². The fourth-order valence-electron chi connectivity index (χ4n) is 0.773. The molecule has 0 saturated carbocycles. The highest BCUT2D eigenvalue weighted by Crippen LogP contribution is 2.11. The number of rotatable bonds is 2. The maximum absolute atomic E-state index is 5.42. The number of furan rings is 1. The van der Waals surface area contributed by atoms with E-state index in [1.165, 1.54) is 0 Å². The minimum atomic E-state index is 0.277. The van der Waals surface area contributed by atoms with Crippen LogP contribution in [0, 0.1) is 6.92 Å². The second kappa shape index (κ2) is 3.84. The number of halogens is 2. The topological polar surface area (TPSA) is 13.1 Å². The zero-order valence-electron chi connectivity index (χ0n) is 6.10. The van der Waals surface area contributed by atoms with E-state index in [2.05, 4.69) is 0 Å². The van der Waals surface area contributed by atoms with E-state index < -0.39 is 0 Å². The third-order valence-electron chi connectivity index (χ3n) is 1.25. The molecule has 0 amide bonds. The Hall–Kier alpha value is -0.400. The Kier molecular flexibility index (Phi) is 3.03. The van der Waals surface area contributed by atoms with Crippen molar-refractivity contribution in [3.63, 3.8) is 0 Å². The Morgan fingerprint density at radius 3 is 2.73 bits per heavy atom. The van der Waals surface area contributed by atoms with Crippen molar-refractivity contribution >= 4 is 23.2 Å². The van der Waals surface area contributed by atoms with E-state index in [1.54, 1.807) is 6.08 Å². The quantitative estimate of drug-likeness (QED) is 0.697. The molecule has 0 aromatic carbocycles. The molecule has 1 nitrogen and oxygen atoms in total. The molecule has 0 aliphatic rings. The van der Waals surface area contributed by atoms with Gasteiger partial charge in [-0.25, -0.2) is 0 Å². The monoisotopic (exact) mass is 190 g/mol.